The first-order valence-electron chi connectivity index (χ1n) is 6.19. The predicted octanol–water partition coefficient (Wildman–Crippen LogP) is 1.61. The smallest absolute Gasteiger partial charge is 0.305 e. The lowest BCUT2D eigenvalue weighted by atomic mass is 10.1. The molecule has 0 spiro atoms. The SMILES string of the molecule is CCC(CC(=O)O)NC(=O)Cc1ccccc1OC. The number of amides is 1. The summed E-state index contributed by atoms with van der Waals surface area (Å²) < 4.78 is 5.17. The maximum atomic E-state index is 11.9. The molecule has 0 aliphatic heterocycles. The number of nitrogens with one attached hydrogen (secondary N) is 1. The summed E-state index contributed by atoms with van der Waals surface area (Å²) in [7, 11) is 1.55. The molecule has 104 valence electrons. The van der Waals surface area contributed by atoms with Crippen molar-refractivity contribution in [3.05, 3.63) is 29.8 Å². The van der Waals surface area contributed by atoms with Crippen LogP contribution in [0.5, 0.6) is 5.75 Å². The fourth-order valence-electron chi connectivity index (χ4n) is 1.81. The van der Waals surface area contributed by atoms with Gasteiger partial charge in [0.15, 0.2) is 0 Å². The number of benzene rings is 1. The Labute approximate surface area is 112 Å². The van der Waals surface area contributed by atoms with Gasteiger partial charge in [-0.25, -0.2) is 0 Å². The molecule has 19 heavy (non-hydrogen) atoms. The molecule has 0 bridgehead atoms. The highest BCUT2D eigenvalue weighted by molar-refractivity contribution is 5.80. The van der Waals surface area contributed by atoms with Crippen molar-refractivity contribution in [3.63, 3.8) is 0 Å². The first-order valence-corrected chi connectivity index (χ1v) is 6.19. The zero-order chi connectivity index (χ0) is 14.3. The van der Waals surface area contributed by atoms with E-state index >= 15 is 0 Å². The zero-order valence-corrected chi connectivity index (χ0v) is 11.2. The number of ether oxygens (including phenoxy) is 1. The van der Waals surface area contributed by atoms with Gasteiger partial charge >= 0.3 is 5.97 Å². The molecule has 0 aromatic heterocycles. The summed E-state index contributed by atoms with van der Waals surface area (Å²) in [6.07, 6.45) is 0.707. The number of carboxylic acid groups (broad SMARTS) is 1. The quantitative estimate of drug-likeness (QED) is 0.785. The van der Waals surface area contributed by atoms with E-state index in [1.165, 1.54) is 0 Å². The molecule has 0 aliphatic rings. The summed E-state index contributed by atoms with van der Waals surface area (Å²) in [5, 5.41) is 11.5. The maximum Gasteiger partial charge on any atom is 0.305 e. The molecule has 1 atom stereocenters. The lowest BCUT2D eigenvalue weighted by Crippen LogP contribution is -2.37. The van der Waals surface area contributed by atoms with Crippen LogP contribution in [-0.2, 0) is 16.0 Å². The Morgan fingerprint density at radius 1 is 1.37 bits per heavy atom. The Morgan fingerprint density at radius 2 is 2.05 bits per heavy atom. The second-order valence-corrected chi connectivity index (χ2v) is 4.26. The molecule has 1 amide bonds. The monoisotopic (exact) mass is 265 g/mol. The van der Waals surface area contributed by atoms with Gasteiger partial charge in [-0.3, -0.25) is 9.59 Å². The van der Waals surface area contributed by atoms with Crippen LogP contribution in [0.25, 0.3) is 0 Å². The average Bonchev–Trinajstić information content (AvgIpc) is 2.38. The molecule has 1 rings (SSSR count). The number of rotatable bonds is 7. The zero-order valence-electron chi connectivity index (χ0n) is 11.2. The number of carbonyl (C=O) groups excluding carboxylic acids is 1. The molecule has 5 nitrogen and oxygen atoms in total. The van der Waals surface area contributed by atoms with Crippen LogP contribution in [0.3, 0.4) is 0 Å². The van der Waals surface area contributed by atoms with Gasteiger partial charge in [-0.15, -0.1) is 0 Å². The lowest BCUT2D eigenvalue weighted by Gasteiger charge is -2.15. The van der Waals surface area contributed by atoms with Crippen LogP contribution in [0.4, 0.5) is 0 Å². The third-order valence-corrected chi connectivity index (χ3v) is 2.82. The molecular formula is C14H19NO4. The third-order valence-electron chi connectivity index (χ3n) is 2.82. The van der Waals surface area contributed by atoms with Gasteiger partial charge in [-0.05, 0) is 12.5 Å². The van der Waals surface area contributed by atoms with E-state index in [1.54, 1.807) is 13.2 Å². The number of hydrogen-bond acceptors (Lipinski definition) is 3. The van der Waals surface area contributed by atoms with Gasteiger partial charge in [0.05, 0.1) is 20.0 Å². The Balaban J connectivity index is 2.61. The first-order chi connectivity index (χ1) is 9.06. The molecule has 1 unspecified atom stereocenters. The summed E-state index contributed by atoms with van der Waals surface area (Å²) in [6.45, 7) is 1.84. The van der Waals surface area contributed by atoms with E-state index in [0.29, 0.717) is 12.2 Å². The van der Waals surface area contributed by atoms with Crippen molar-refractivity contribution in [2.24, 2.45) is 0 Å². The van der Waals surface area contributed by atoms with Gasteiger partial charge in [0.1, 0.15) is 5.75 Å². The summed E-state index contributed by atoms with van der Waals surface area (Å²) in [4.78, 5) is 22.5. The van der Waals surface area contributed by atoms with Gasteiger partial charge in [0.25, 0.3) is 0 Å². The third kappa shape index (κ3) is 4.99. The molecule has 5 heteroatoms. The van der Waals surface area contributed by atoms with Crippen LogP contribution in [0.2, 0.25) is 0 Å². The van der Waals surface area contributed by atoms with Crippen molar-refractivity contribution in [2.75, 3.05) is 7.11 Å². The number of carboxylic acids is 1. The van der Waals surface area contributed by atoms with Gasteiger partial charge in [-0.2, -0.15) is 0 Å². The van der Waals surface area contributed by atoms with Gasteiger partial charge in [0.2, 0.25) is 5.91 Å². The van der Waals surface area contributed by atoms with E-state index in [2.05, 4.69) is 5.32 Å². The van der Waals surface area contributed by atoms with Crippen LogP contribution in [0.15, 0.2) is 24.3 Å². The summed E-state index contributed by atoms with van der Waals surface area (Å²) in [5.74, 6) is -0.453. The highest BCUT2D eigenvalue weighted by atomic mass is 16.5. The molecule has 0 saturated carbocycles. The highest BCUT2D eigenvalue weighted by Gasteiger charge is 2.15. The summed E-state index contributed by atoms with van der Waals surface area (Å²) in [6, 6.07) is 6.94. The average molecular weight is 265 g/mol. The summed E-state index contributed by atoms with van der Waals surface area (Å²) in [5.41, 5.74) is 0.785. The molecule has 0 heterocycles. The Kier molecular flexibility index (Phi) is 5.85. The molecule has 2 N–H and O–H groups in total. The van der Waals surface area contributed by atoms with Crippen LogP contribution >= 0.6 is 0 Å². The highest BCUT2D eigenvalue weighted by Crippen LogP contribution is 2.17. The minimum Gasteiger partial charge on any atom is -0.496 e. The van der Waals surface area contributed by atoms with Crippen LogP contribution in [0.1, 0.15) is 25.3 Å². The van der Waals surface area contributed by atoms with Crippen molar-refractivity contribution < 1.29 is 19.4 Å². The standard InChI is InChI=1S/C14H19NO4/c1-3-11(9-14(17)18)15-13(16)8-10-6-4-5-7-12(10)19-2/h4-7,11H,3,8-9H2,1-2H3,(H,15,16)(H,17,18). The molecule has 0 aliphatic carbocycles. The van der Waals surface area contributed by atoms with E-state index in [0.717, 1.165) is 5.56 Å². The van der Waals surface area contributed by atoms with Crippen molar-refractivity contribution in [3.8, 4) is 5.75 Å². The molecular weight excluding hydrogens is 246 g/mol. The van der Waals surface area contributed by atoms with E-state index in [1.807, 2.05) is 25.1 Å². The molecule has 0 fully saturated rings. The second-order valence-electron chi connectivity index (χ2n) is 4.26. The van der Waals surface area contributed by atoms with Gasteiger partial charge in [0, 0.05) is 11.6 Å². The van der Waals surface area contributed by atoms with E-state index in [4.69, 9.17) is 9.84 Å². The fraction of sp³-hybridized carbons (Fsp3) is 0.429. The Bertz CT molecular complexity index is 445. The molecule has 0 radical (unpaired) electrons. The Hall–Kier alpha value is -2.04. The lowest BCUT2D eigenvalue weighted by molar-refractivity contribution is -0.137. The van der Waals surface area contributed by atoms with Crippen LogP contribution in [-0.4, -0.2) is 30.1 Å². The minimum absolute atomic E-state index is 0.0613. The Morgan fingerprint density at radius 3 is 2.63 bits per heavy atom. The fourth-order valence-corrected chi connectivity index (χ4v) is 1.81. The number of hydrogen-bond donors (Lipinski definition) is 2. The van der Waals surface area contributed by atoms with Crippen LogP contribution in [0, 0.1) is 0 Å². The van der Waals surface area contributed by atoms with E-state index in [9.17, 15) is 9.59 Å². The van der Waals surface area contributed by atoms with Gasteiger partial charge < -0.3 is 15.2 Å². The predicted molar refractivity (Wildman–Crippen MR) is 71.2 cm³/mol. The van der Waals surface area contributed by atoms with Crippen molar-refractivity contribution in [1.82, 2.24) is 5.32 Å². The van der Waals surface area contributed by atoms with Gasteiger partial charge in [-0.1, -0.05) is 25.1 Å². The van der Waals surface area contributed by atoms with E-state index < -0.39 is 5.97 Å². The molecule has 1 aromatic rings. The normalized spacial score (nSPS) is 11.7. The van der Waals surface area contributed by atoms with Crippen molar-refractivity contribution in [2.45, 2.75) is 32.2 Å². The molecule has 0 saturated heterocycles. The topological polar surface area (TPSA) is 75.6 Å². The summed E-state index contributed by atoms with van der Waals surface area (Å²) >= 11 is 0. The number of aliphatic carboxylic acids is 1. The number of methoxy groups -OCH3 is 1. The van der Waals surface area contributed by atoms with Crippen molar-refractivity contribution >= 4 is 11.9 Å². The number of carbonyl (C=O) groups is 2. The first kappa shape index (κ1) is 15.0. The van der Waals surface area contributed by atoms with E-state index in [-0.39, 0.29) is 24.8 Å². The largest absolute Gasteiger partial charge is 0.496 e. The molecule has 1 aromatic carbocycles. The minimum atomic E-state index is -0.913. The van der Waals surface area contributed by atoms with Crippen molar-refractivity contribution in [1.29, 1.82) is 0 Å². The van der Waals surface area contributed by atoms with Crippen LogP contribution < -0.4 is 10.1 Å². The maximum absolute atomic E-state index is 11.9. The number of para-hydroxylation sites is 1. The second kappa shape index (κ2) is 7.41.